The van der Waals surface area contributed by atoms with E-state index in [1.807, 2.05) is 51.2 Å². The molecule has 1 aromatic carbocycles. The molecule has 0 aromatic heterocycles. The number of carbonyl (C=O) groups is 1. The quantitative estimate of drug-likeness (QED) is 0.536. The Hall–Kier alpha value is -1.43. The standard InChI is InChI=1S/C16H28O3.C10H15NO/c1-14(2)7-5-8-15(3)11(14)6-9-16(4,19)12(15)10-13(17)18;1-8(11-2)10(12)9-6-4-3-5-7-9/h11-12,19H,5-10H2,1-4H3,(H,17,18);3-8,10-12H,1-2H3/t11-,12+,15-,16+;8-,10+/m01/s1. The van der Waals surface area contributed by atoms with Crippen LogP contribution in [0.4, 0.5) is 0 Å². The molecule has 2 fully saturated rings. The summed E-state index contributed by atoms with van der Waals surface area (Å²) in [6.45, 7) is 10.6. The number of carboxylic acids is 1. The topological polar surface area (TPSA) is 89.8 Å². The zero-order chi connectivity index (χ0) is 23.4. The van der Waals surface area contributed by atoms with E-state index in [9.17, 15) is 20.1 Å². The van der Waals surface area contributed by atoms with Gasteiger partial charge >= 0.3 is 5.97 Å². The Morgan fingerprint density at radius 3 is 2.29 bits per heavy atom. The number of aliphatic hydroxyl groups excluding tert-OH is 1. The first-order chi connectivity index (χ1) is 14.3. The maximum Gasteiger partial charge on any atom is 0.303 e. The number of aliphatic carboxylic acids is 1. The Labute approximate surface area is 188 Å². The van der Waals surface area contributed by atoms with Gasteiger partial charge in [0.05, 0.1) is 18.1 Å². The summed E-state index contributed by atoms with van der Waals surface area (Å²) in [4.78, 5) is 11.2. The second-order valence-corrected chi connectivity index (χ2v) is 10.9. The number of likely N-dealkylation sites (N-methyl/N-ethyl adjacent to an activating group) is 1. The number of carboxylic acid groups (broad SMARTS) is 1. The molecule has 0 saturated heterocycles. The van der Waals surface area contributed by atoms with E-state index in [1.54, 1.807) is 0 Å². The molecule has 0 amide bonds. The summed E-state index contributed by atoms with van der Waals surface area (Å²) in [5.41, 5.74) is 0.346. The number of benzene rings is 1. The first-order valence-corrected chi connectivity index (χ1v) is 11.7. The third kappa shape index (κ3) is 5.88. The van der Waals surface area contributed by atoms with Crippen LogP contribution < -0.4 is 5.32 Å². The van der Waals surface area contributed by atoms with E-state index in [2.05, 4.69) is 26.1 Å². The van der Waals surface area contributed by atoms with Crippen LogP contribution in [0.15, 0.2) is 30.3 Å². The van der Waals surface area contributed by atoms with Crippen molar-refractivity contribution in [3.63, 3.8) is 0 Å². The zero-order valence-electron chi connectivity index (χ0n) is 20.2. The molecule has 3 rings (SSSR count). The van der Waals surface area contributed by atoms with E-state index < -0.39 is 17.7 Å². The van der Waals surface area contributed by atoms with Gasteiger partial charge in [-0.3, -0.25) is 4.79 Å². The number of hydrogen-bond acceptors (Lipinski definition) is 4. The van der Waals surface area contributed by atoms with Crippen molar-refractivity contribution in [3.05, 3.63) is 35.9 Å². The predicted octanol–water partition coefficient (Wildman–Crippen LogP) is 4.78. The first-order valence-electron chi connectivity index (χ1n) is 11.7. The van der Waals surface area contributed by atoms with Gasteiger partial charge in [0, 0.05) is 12.0 Å². The van der Waals surface area contributed by atoms with E-state index >= 15 is 0 Å². The van der Waals surface area contributed by atoms with Gasteiger partial charge in [0.15, 0.2) is 0 Å². The Morgan fingerprint density at radius 1 is 1.13 bits per heavy atom. The largest absolute Gasteiger partial charge is 0.481 e. The molecule has 2 aliphatic rings. The lowest BCUT2D eigenvalue weighted by Gasteiger charge is -2.61. The highest BCUT2D eigenvalue weighted by atomic mass is 16.4. The van der Waals surface area contributed by atoms with Gasteiger partial charge in [-0.2, -0.15) is 0 Å². The SMILES string of the molecule is CC1(C)CCC[C@]2(C)[C@@H](CC(=O)O)[C@](C)(O)CC[C@@H]12.CN[C@H](C)[C@H](O)c1ccccc1. The molecule has 2 saturated carbocycles. The minimum absolute atomic E-state index is 0.0398. The normalized spacial score (nSPS) is 33.9. The second-order valence-electron chi connectivity index (χ2n) is 10.9. The molecule has 0 bridgehead atoms. The Balaban J connectivity index is 0.000000245. The van der Waals surface area contributed by atoms with Crippen molar-refractivity contribution in [2.45, 2.75) is 90.9 Å². The number of aliphatic hydroxyl groups is 2. The lowest BCUT2D eigenvalue weighted by molar-refractivity contribution is -0.178. The van der Waals surface area contributed by atoms with Crippen molar-refractivity contribution in [2.75, 3.05) is 7.05 Å². The predicted molar refractivity (Wildman–Crippen MR) is 125 cm³/mol. The summed E-state index contributed by atoms with van der Waals surface area (Å²) < 4.78 is 0. The highest BCUT2D eigenvalue weighted by Gasteiger charge is 2.58. The summed E-state index contributed by atoms with van der Waals surface area (Å²) in [5.74, 6) is -0.385. The van der Waals surface area contributed by atoms with E-state index in [-0.39, 0.29) is 29.2 Å². The van der Waals surface area contributed by atoms with E-state index in [0.29, 0.717) is 5.92 Å². The van der Waals surface area contributed by atoms with E-state index in [0.717, 1.165) is 31.2 Å². The fraction of sp³-hybridized carbons (Fsp3) is 0.731. The van der Waals surface area contributed by atoms with Crippen LogP contribution in [-0.4, -0.2) is 40.0 Å². The molecule has 0 aliphatic heterocycles. The molecular weight excluding hydrogens is 390 g/mol. The number of hydrogen-bond donors (Lipinski definition) is 4. The van der Waals surface area contributed by atoms with Gasteiger partial charge in [0.2, 0.25) is 0 Å². The molecule has 0 radical (unpaired) electrons. The Kier molecular flexibility index (Phi) is 8.34. The first kappa shape index (κ1) is 25.8. The van der Waals surface area contributed by atoms with Gasteiger partial charge < -0.3 is 20.6 Å². The molecule has 6 atom stereocenters. The van der Waals surface area contributed by atoms with Crippen molar-refractivity contribution in [1.82, 2.24) is 5.32 Å². The summed E-state index contributed by atoms with van der Waals surface area (Å²) in [7, 11) is 1.84. The van der Waals surface area contributed by atoms with Crippen LogP contribution in [0.3, 0.4) is 0 Å². The Bertz CT molecular complexity index is 717. The van der Waals surface area contributed by atoms with Crippen molar-refractivity contribution in [2.24, 2.45) is 22.7 Å². The van der Waals surface area contributed by atoms with Gasteiger partial charge in [-0.25, -0.2) is 0 Å². The third-order valence-corrected chi connectivity index (χ3v) is 8.21. The fourth-order valence-corrected chi connectivity index (χ4v) is 6.35. The Morgan fingerprint density at radius 2 is 1.74 bits per heavy atom. The van der Waals surface area contributed by atoms with Gasteiger partial charge in [-0.05, 0) is 68.9 Å². The summed E-state index contributed by atoms with van der Waals surface area (Å²) in [6, 6.07) is 9.76. The monoisotopic (exact) mass is 433 g/mol. The van der Waals surface area contributed by atoms with Crippen LogP contribution >= 0.6 is 0 Å². The summed E-state index contributed by atoms with van der Waals surface area (Å²) in [6.07, 6.45) is 4.84. The van der Waals surface area contributed by atoms with Crippen molar-refractivity contribution in [3.8, 4) is 0 Å². The number of nitrogens with one attached hydrogen (secondary N) is 1. The summed E-state index contributed by atoms with van der Waals surface area (Å²) in [5, 5.41) is 32.7. The molecule has 0 spiro atoms. The average molecular weight is 434 g/mol. The average Bonchev–Trinajstić information content (AvgIpc) is 2.70. The molecule has 5 heteroatoms. The van der Waals surface area contributed by atoms with Crippen LogP contribution in [0.1, 0.15) is 84.8 Å². The summed E-state index contributed by atoms with van der Waals surface area (Å²) >= 11 is 0. The van der Waals surface area contributed by atoms with Crippen molar-refractivity contribution < 1.29 is 20.1 Å². The van der Waals surface area contributed by atoms with Crippen LogP contribution in [0.2, 0.25) is 0 Å². The van der Waals surface area contributed by atoms with Crippen molar-refractivity contribution >= 4 is 5.97 Å². The van der Waals surface area contributed by atoms with Gasteiger partial charge in [0.25, 0.3) is 0 Å². The zero-order valence-corrected chi connectivity index (χ0v) is 20.2. The van der Waals surface area contributed by atoms with Crippen LogP contribution in [0.25, 0.3) is 0 Å². The smallest absolute Gasteiger partial charge is 0.303 e. The molecule has 5 nitrogen and oxygen atoms in total. The van der Waals surface area contributed by atoms with Crippen LogP contribution in [0, 0.1) is 22.7 Å². The highest BCUT2D eigenvalue weighted by Crippen LogP contribution is 2.62. The van der Waals surface area contributed by atoms with Gasteiger partial charge in [0.1, 0.15) is 0 Å². The van der Waals surface area contributed by atoms with Crippen molar-refractivity contribution in [1.29, 1.82) is 0 Å². The molecular formula is C26H43NO4. The van der Waals surface area contributed by atoms with E-state index in [4.69, 9.17) is 0 Å². The third-order valence-electron chi connectivity index (χ3n) is 8.21. The lowest BCUT2D eigenvalue weighted by Crippen LogP contribution is -2.58. The second kappa shape index (κ2) is 10.0. The molecule has 31 heavy (non-hydrogen) atoms. The number of rotatable bonds is 5. The fourth-order valence-electron chi connectivity index (χ4n) is 6.35. The van der Waals surface area contributed by atoms with Gasteiger partial charge in [-0.1, -0.05) is 57.5 Å². The van der Waals surface area contributed by atoms with Crippen LogP contribution in [-0.2, 0) is 4.79 Å². The van der Waals surface area contributed by atoms with Gasteiger partial charge in [-0.15, -0.1) is 0 Å². The molecule has 4 N–H and O–H groups in total. The number of fused-ring (bicyclic) bond motifs is 1. The molecule has 176 valence electrons. The molecule has 1 aromatic rings. The minimum atomic E-state index is -0.836. The lowest BCUT2D eigenvalue weighted by atomic mass is 9.45. The van der Waals surface area contributed by atoms with Crippen LogP contribution in [0.5, 0.6) is 0 Å². The maximum absolute atomic E-state index is 11.2. The molecule has 0 unspecified atom stereocenters. The highest BCUT2D eigenvalue weighted by molar-refractivity contribution is 5.67. The van der Waals surface area contributed by atoms with E-state index in [1.165, 1.54) is 6.42 Å². The minimum Gasteiger partial charge on any atom is -0.481 e. The molecule has 0 heterocycles. The molecule has 2 aliphatic carbocycles. The maximum atomic E-state index is 11.2.